The number of hydrogen-bond donors (Lipinski definition) is 0. The zero-order valence-electron chi connectivity index (χ0n) is 26.1. The average Bonchev–Trinajstić information content (AvgIpc) is 3.49. The van der Waals surface area contributed by atoms with Crippen LogP contribution in [-0.4, -0.2) is 9.55 Å². The van der Waals surface area contributed by atoms with Gasteiger partial charge in [0.15, 0.2) is 0 Å². The largest absolute Gasteiger partial charge is 0.334 e. The molecule has 0 aliphatic carbocycles. The zero-order valence-corrected chi connectivity index (χ0v) is 26.1. The lowest BCUT2D eigenvalue weighted by Crippen LogP contribution is -2.21. The minimum absolute atomic E-state index is 0.575. The molecule has 0 aliphatic rings. The summed E-state index contributed by atoms with van der Waals surface area (Å²) in [5.74, 6) is 0.694. The van der Waals surface area contributed by atoms with E-state index in [1.54, 1.807) is 0 Å². The Balaban J connectivity index is 1.65. The van der Waals surface area contributed by atoms with E-state index in [1.165, 1.54) is 160 Å². The maximum absolute atomic E-state index is 4.44. The van der Waals surface area contributed by atoms with Crippen molar-refractivity contribution in [2.75, 3.05) is 0 Å². The summed E-state index contributed by atoms with van der Waals surface area (Å²) in [6, 6.07) is 11.8. The summed E-state index contributed by atoms with van der Waals surface area (Å²) >= 11 is 0. The Morgan fingerprint density at radius 3 is 1.49 bits per heavy atom. The van der Waals surface area contributed by atoms with Gasteiger partial charge in [0, 0.05) is 18.4 Å². The van der Waals surface area contributed by atoms with Crippen LogP contribution >= 0.6 is 0 Å². The molecule has 1 aromatic carbocycles. The van der Waals surface area contributed by atoms with Crippen molar-refractivity contribution in [2.45, 2.75) is 174 Å². The number of aromatic nitrogens is 2. The van der Waals surface area contributed by atoms with Crippen LogP contribution in [0.3, 0.4) is 0 Å². The third-order valence-corrected chi connectivity index (χ3v) is 8.82. The molecule has 2 aromatic rings. The fraction of sp³-hybridized carbons (Fsp3) is 0.757. The Kier molecular flexibility index (Phi) is 20.9. The third-order valence-electron chi connectivity index (χ3n) is 8.82. The Morgan fingerprint density at radius 2 is 1.03 bits per heavy atom. The van der Waals surface area contributed by atoms with Gasteiger partial charge in [-0.3, -0.25) is 0 Å². The van der Waals surface area contributed by atoms with E-state index in [9.17, 15) is 0 Å². The zero-order chi connectivity index (χ0) is 27.6. The summed E-state index contributed by atoms with van der Waals surface area (Å²) < 4.78 is 2.44. The number of imidazole rings is 1. The Hall–Kier alpha value is -1.57. The van der Waals surface area contributed by atoms with Crippen LogP contribution in [0.1, 0.15) is 173 Å². The summed E-state index contributed by atoms with van der Waals surface area (Å²) in [4.78, 5) is 4.44. The standard InChI is InChI=1S/C37H64N2/c1-3-5-7-9-10-11-12-13-14-15-16-17-18-19-21-26-30-37(39-32-31-38-34-39)36(29-25-20-8-6-4-2)33-35-27-23-22-24-28-35/h22-24,27-28,31-32,34,36-37H,3-21,25-26,29-30,33H2,1-2H3. The van der Waals surface area contributed by atoms with Crippen molar-refractivity contribution >= 4 is 0 Å². The van der Waals surface area contributed by atoms with Crippen molar-refractivity contribution in [2.24, 2.45) is 5.92 Å². The van der Waals surface area contributed by atoms with Gasteiger partial charge in [-0.25, -0.2) is 4.98 Å². The molecule has 222 valence electrons. The van der Waals surface area contributed by atoms with E-state index >= 15 is 0 Å². The molecule has 0 amide bonds. The number of nitrogens with zero attached hydrogens (tertiary/aromatic N) is 2. The Morgan fingerprint density at radius 1 is 0.564 bits per heavy atom. The van der Waals surface area contributed by atoms with Crippen LogP contribution in [0.15, 0.2) is 49.1 Å². The highest BCUT2D eigenvalue weighted by atomic mass is 15.1. The van der Waals surface area contributed by atoms with E-state index in [1.807, 2.05) is 6.20 Å². The molecule has 0 N–H and O–H groups in total. The molecule has 0 saturated heterocycles. The Labute approximate surface area is 243 Å². The van der Waals surface area contributed by atoms with Crippen LogP contribution in [0.2, 0.25) is 0 Å². The van der Waals surface area contributed by atoms with E-state index in [4.69, 9.17) is 0 Å². The molecule has 39 heavy (non-hydrogen) atoms. The van der Waals surface area contributed by atoms with Crippen LogP contribution in [0.5, 0.6) is 0 Å². The quantitative estimate of drug-likeness (QED) is 0.104. The van der Waals surface area contributed by atoms with E-state index in [-0.39, 0.29) is 0 Å². The van der Waals surface area contributed by atoms with Crippen molar-refractivity contribution in [3.05, 3.63) is 54.6 Å². The van der Waals surface area contributed by atoms with Crippen LogP contribution in [-0.2, 0) is 6.42 Å². The van der Waals surface area contributed by atoms with Gasteiger partial charge in [0.05, 0.1) is 6.33 Å². The smallest absolute Gasteiger partial charge is 0.0948 e. The van der Waals surface area contributed by atoms with E-state index in [0.29, 0.717) is 12.0 Å². The second-order valence-corrected chi connectivity index (χ2v) is 12.3. The van der Waals surface area contributed by atoms with E-state index in [0.717, 1.165) is 0 Å². The lowest BCUT2D eigenvalue weighted by Gasteiger charge is -2.29. The van der Waals surface area contributed by atoms with Crippen LogP contribution in [0.4, 0.5) is 0 Å². The van der Waals surface area contributed by atoms with Gasteiger partial charge in [-0.15, -0.1) is 0 Å². The Bertz CT molecular complexity index is 738. The molecule has 2 rings (SSSR count). The number of unbranched alkanes of at least 4 members (excludes halogenated alkanes) is 19. The van der Waals surface area contributed by atoms with Gasteiger partial charge in [-0.2, -0.15) is 0 Å². The maximum Gasteiger partial charge on any atom is 0.0948 e. The summed E-state index contributed by atoms with van der Waals surface area (Å²) in [5, 5.41) is 0. The minimum atomic E-state index is 0.575. The fourth-order valence-corrected chi connectivity index (χ4v) is 6.35. The molecule has 0 fully saturated rings. The summed E-state index contributed by atoms with van der Waals surface area (Å²) in [6.07, 6.45) is 39.9. The minimum Gasteiger partial charge on any atom is -0.334 e. The third kappa shape index (κ3) is 17.0. The van der Waals surface area contributed by atoms with Crippen molar-refractivity contribution in [3.8, 4) is 0 Å². The highest BCUT2D eigenvalue weighted by Crippen LogP contribution is 2.32. The van der Waals surface area contributed by atoms with Gasteiger partial charge in [-0.1, -0.05) is 179 Å². The molecular formula is C37H64N2. The predicted octanol–water partition coefficient (Wildman–Crippen LogP) is 12.3. The molecule has 0 radical (unpaired) electrons. The van der Waals surface area contributed by atoms with Gasteiger partial charge < -0.3 is 4.57 Å². The van der Waals surface area contributed by atoms with Crippen LogP contribution in [0.25, 0.3) is 0 Å². The molecule has 0 aliphatic heterocycles. The second kappa shape index (κ2) is 24.2. The first-order valence-corrected chi connectivity index (χ1v) is 17.4. The number of benzene rings is 1. The maximum atomic E-state index is 4.44. The first-order chi connectivity index (χ1) is 19.3. The first-order valence-electron chi connectivity index (χ1n) is 17.4. The van der Waals surface area contributed by atoms with Crippen molar-refractivity contribution in [3.63, 3.8) is 0 Å². The molecule has 0 bridgehead atoms. The molecule has 1 heterocycles. The molecule has 2 nitrogen and oxygen atoms in total. The monoisotopic (exact) mass is 537 g/mol. The lowest BCUT2D eigenvalue weighted by atomic mass is 9.84. The van der Waals surface area contributed by atoms with Crippen LogP contribution in [0, 0.1) is 5.92 Å². The molecule has 0 spiro atoms. The second-order valence-electron chi connectivity index (χ2n) is 12.3. The average molecular weight is 537 g/mol. The van der Waals surface area contributed by atoms with E-state index < -0.39 is 0 Å². The van der Waals surface area contributed by atoms with Gasteiger partial charge in [0.1, 0.15) is 0 Å². The molecule has 2 unspecified atom stereocenters. The molecule has 0 saturated carbocycles. The molecular weight excluding hydrogens is 472 g/mol. The van der Waals surface area contributed by atoms with Crippen molar-refractivity contribution in [1.82, 2.24) is 9.55 Å². The van der Waals surface area contributed by atoms with Gasteiger partial charge >= 0.3 is 0 Å². The van der Waals surface area contributed by atoms with Gasteiger partial charge in [0.25, 0.3) is 0 Å². The number of rotatable bonds is 27. The summed E-state index contributed by atoms with van der Waals surface area (Å²) in [5.41, 5.74) is 1.49. The highest BCUT2D eigenvalue weighted by molar-refractivity contribution is 5.15. The van der Waals surface area contributed by atoms with Crippen molar-refractivity contribution in [1.29, 1.82) is 0 Å². The summed E-state index contributed by atoms with van der Waals surface area (Å²) in [6.45, 7) is 4.62. The molecule has 2 atom stereocenters. The number of hydrogen-bond acceptors (Lipinski definition) is 1. The lowest BCUT2D eigenvalue weighted by molar-refractivity contribution is 0.275. The predicted molar refractivity (Wildman–Crippen MR) is 172 cm³/mol. The van der Waals surface area contributed by atoms with Gasteiger partial charge in [-0.05, 0) is 30.7 Å². The topological polar surface area (TPSA) is 17.8 Å². The normalized spacial score (nSPS) is 13.1. The van der Waals surface area contributed by atoms with E-state index in [2.05, 4.69) is 66.3 Å². The first kappa shape index (κ1) is 33.6. The van der Waals surface area contributed by atoms with Gasteiger partial charge in [0.2, 0.25) is 0 Å². The molecule has 2 heteroatoms. The molecule has 1 aromatic heterocycles. The SMILES string of the molecule is CCCCCCCCCCCCCCCCCCC(C(CCCCCCC)Cc1ccccc1)n1ccnc1. The highest BCUT2D eigenvalue weighted by Gasteiger charge is 2.23. The van der Waals surface area contributed by atoms with Crippen LogP contribution < -0.4 is 0 Å². The van der Waals surface area contributed by atoms with Crippen molar-refractivity contribution < 1.29 is 0 Å². The fourth-order valence-electron chi connectivity index (χ4n) is 6.35. The summed E-state index contributed by atoms with van der Waals surface area (Å²) in [7, 11) is 0.